The molecular weight excluding hydrogens is 360 g/mol. The molecule has 1 saturated heterocycles. The van der Waals surface area contributed by atoms with E-state index >= 15 is 0 Å². The van der Waals surface area contributed by atoms with Crippen LogP contribution in [0.3, 0.4) is 0 Å². The third-order valence-electron chi connectivity index (χ3n) is 4.79. The molecular formula is C21H22N2O5. The van der Waals surface area contributed by atoms with Gasteiger partial charge in [0, 0.05) is 31.7 Å². The maximum Gasteiger partial charge on any atom is 0.335 e. The molecule has 2 aromatic rings. The predicted molar refractivity (Wildman–Crippen MR) is 103 cm³/mol. The smallest absolute Gasteiger partial charge is 0.335 e. The number of carbonyl (C=O) groups excluding carboxylic acids is 2. The lowest BCUT2D eigenvalue weighted by Gasteiger charge is -2.35. The summed E-state index contributed by atoms with van der Waals surface area (Å²) in [6.07, 6.45) is 0.212. The van der Waals surface area contributed by atoms with Crippen molar-refractivity contribution < 1.29 is 24.2 Å². The van der Waals surface area contributed by atoms with E-state index in [4.69, 9.17) is 9.84 Å². The van der Waals surface area contributed by atoms with Gasteiger partial charge in [0.1, 0.15) is 5.75 Å². The Morgan fingerprint density at radius 2 is 1.57 bits per heavy atom. The Morgan fingerprint density at radius 1 is 0.929 bits per heavy atom. The summed E-state index contributed by atoms with van der Waals surface area (Å²) in [5.41, 5.74) is 1.53. The van der Waals surface area contributed by atoms with E-state index in [0.717, 1.165) is 5.56 Å². The summed E-state index contributed by atoms with van der Waals surface area (Å²) in [5.74, 6) is -0.463. The number of carbonyl (C=O) groups is 3. The summed E-state index contributed by atoms with van der Waals surface area (Å²) in [6, 6.07) is 13.3. The Labute approximate surface area is 163 Å². The second-order valence-electron chi connectivity index (χ2n) is 6.58. The van der Waals surface area contributed by atoms with Gasteiger partial charge >= 0.3 is 5.97 Å². The molecule has 1 heterocycles. The van der Waals surface area contributed by atoms with Crippen LogP contribution in [0.2, 0.25) is 0 Å². The van der Waals surface area contributed by atoms with Crippen molar-refractivity contribution in [3.63, 3.8) is 0 Å². The first-order valence-corrected chi connectivity index (χ1v) is 9.01. The molecule has 28 heavy (non-hydrogen) atoms. The number of hydrogen-bond acceptors (Lipinski definition) is 4. The minimum Gasteiger partial charge on any atom is -0.497 e. The number of benzene rings is 2. The predicted octanol–water partition coefficient (Wildman–Crippen LogP) is 1.92. The number of aromatic carboxylic acids is 1. The highest BCUT2D eigenvalue weighted by Crippen LogP contribution is 2.16. The van der Waals surface area contributed by atoms with E-state index in [-0.39, 0.29) is 23.8 Å². The molecule has 0 radical (unpaired) electrons. The molecule has 7 heteroatoms. The molecule has 0 aromatic heterocycles. The minimum absolute atomic E-state index is 0.0310. The number of ether oxygens (including phenoxy) is 1. The largest absolute Gasteiger partial charge is 0.497 e. The van der Waals surface area contributed by atoms with Gasteiger partial charge in [-0.3, -0.25) is 9.59 Å². The van der Waals surface area contributed by atoms with Crippen LogP contribution in [0.4, 0.5) is 0 Å². The first-order chi connectivity index (χ1) is 13.5. The zero-order valence-electron chi connectivity index (χ0n) is 15.6. The Morgan fingerprint density at radius 3 is 2.18 bits per heavy atom. The van der Waals surface area contributed by atoms with Crippen molar-refractivity contribution in [1.82, 2.24) is 9.80 Å². The quantitative estimate of drug-likeness (QED) is 0.854. The van der Waals surface area contributed by atoms with E-state index in [2.05, 4.69) is 0 Å². The monoisotopic (exact) mass is 382 g/mol. The molecule has 1 fully saturated rings. The van der Waals surface area contributed by atoms with Crippen molar-refractivity contribution in [2.75, 3.05) is 33.3 Å². The molecule has 2 amide bonds. The maximum atomic E-state index is 12.6. The highest BCUT2D eigenvalue weighted by Gasteiger charge is 2.25. The molecule has 2 aromatic carbocycles. The lowest BCUT2D eigenvalue weighted by molar-refractivity contribution is -0.131. The first kappa shape index (κ1) is 19.4. The fourth-order valence-electron chi connectivity index (χ4n) is 3.15. The van der Waals surface area contributed by atoms with Gasteiger partial charge in [-0.1, -0.05) is 18.2 Å². The van der Waals surface area contributed by atoms with Crippen molar-refractivity contribution in [2.24, 2.45) is 0 Å². The Hall–Kier alpha value is -3.35. The summed E-state index contributed by atoms with van der Waals surface area (Å²) < 4.78 is 5.16. The van der Waals surface area contributed by atoms with Gasteiger partial charge in [0.2, 0.25) is 5.91 Å². The molecule has 0 spiro atoms. The summed E-state index contributed by atoms with van der Waals surface area (Å²) in [7, 11) is 1.56. The third-order valence-corrected chi connectivity index (χ3v) is 4.79. The molecule has 0 saturated carbocycles. The molecule has 0 aliphatic carbocycles. The van der Waals surface area contributed by atoms with E-state index in [9.17, 15) is 14.4 Å². The van der Waals surface area contributed by atoms with Crippen LogP contribution in [0, 0.1) is 0 Å². The van der Waals surface area contributed by atoms with Gasteiger partial charge in [0.05, 0.1) is 19.1 Å². The first-order valence-electron chi connectivity index (χ1n) is 9.01. The summed E-state index contributed by atoms with van der Waals surface area (Å²) in [6.45, 7) is 1.89. The molecule has 0 unspecified atom stereocenters. The summed E-state index contributed by atoms with van der Waals surface area (Å²) in [4.78, 5) is 39.5. The zero-order chi connectivity index (χ0) is 20.1. The lowest BCUT2D eigenvalue weighted by atomic mass is 10.1. The minimum atomic E-state index is -0.991. The molecule has 1 aliphatic heterocycles. The van der Waals surface area contributed by atoms with Gasteiger partial charge in [-0.25, -0.2) is 4.79 Å². The number of nitrogens with zero attached hydrogens (tertiary/aromatic N) is 2. The van der Waals surface area contributed by atoms with Gasteiger partial charge < -0.3 is 19.6 Å². The third kappa shape index (κ3) is 4.49. The van der Waals surface area contributed by atoms with Crippen LogP contribution in [0.5, 0.6) is 5.75 Å². The van der Waals surface area contributed by atoms with Crippen molar-refractivity contribution in [3.05, 3.63) is 65.2 Å². The van der Waals surface area contributed by atoms with Gasteiger partial charge in [-0.15, -0.1) is 0 Å². The summed E-state index contributed by atoms with van der Waals surface area (Å²) >= 11 is 0. The van der Waals surface area contributed by atoms with Gasteiger partial charge in [0.15, 0.2) is 0 Å². The van der Waals surface area contributed by atoms with Crippen LogP contribution < -0.4 is 4.74 Å². The fraction of sp³-hybridized carbons (Fsp3) is 0.286. The average molecular weight is 382 g/mol. The number of amides is 2. The number of rotatable bonds is 5. The van der Waals surface area contributed by atoms with Crippen molar-refractivity contribution in [3.8, 4) is 5.75 Å². The normalized spacial score (nSPS) is 13.9. The fourth-order valence-corrected chi connectivity index (χ4v) is 3.15. The average Bonchev–Trinajstić information content (AvgIpc) is 2.73. The van der Waals surface area contributed by atoms with E-state index < -0.39 is 5.97 Å². The molecule has 3 rings (SSSR count). The topological polar surface area (TPSA) is 87.2 Å². The lowest BCUT2D eigenvalue weighted by Crippen LogP contribution is -2.51. The SMILES string of the molecule is COc1cccc(C(=O)N2CCN(C(=O)Cc3ccc(C(=O)O)cc3)CC2)c1. The van der Waals surface area contributed by atoms with Crippen molar-refractivity contribution in [1.29, 1.82) is 0 Å². The zero-order valence-corrected chi connectivity index (χ0v) is 15.6. The van der Waals surface area contributed by atoms with E-state index in [1.54, 1.807) is 53.3 Å². The Balaban J connectivity index is 1.54. The maximum absolute atomic E-state index is 12.6. The number of piperazine rings is 1. The van der Waals surface area contributed by atoms with Gasteiger partial charge in [-0.2, -0.15) is 0 Å². The standard InChI is InChI=1S/C21H22N2O5/c1-28-18-4-2-3-17(14-18)20(25)23-11-9-22(10-12-23)19(24)13-15-5-7-16(8-6-15)21(26)27/h2-8,14H,9-13H2,1H3,(H,26,27). The van der Waals surface area contributed by atoms with Gasteiger partial charge in [0.25, 0.3) is 5.91 Å². The van der Waals surface area contributed by atoms with Crippen molar-refractivity contribution in [2.45, 2.75) is 6.42 Å². The highest BCUT2D eigenvalue weighted by molar-refractivity contribution is 5.94. The molecule has 0 atom stereocenters. The van der Waals surface area contributed by atoms with Crippen molar-refractivity contribution >= 4 is 17.8 Å². The van der Waals surface area contributed by atoms with Crippen LogP contribution in [-0.2, 0) is 11.2 Å². The van der Waals surface area contributed by atoms with E-state index in [1.807, 2.05) is 0 Å². The molecule has 146 valence electrons. The van der Waals surface area contributed by atoms with Crippen LogP contribution in [-0.4, -0.2) is 66.0 Å². The number of carboxylic acids is 1. The number of hydrogen-bond donors (Lipinski definition) is 1. The second kappa shape index (κ2) is 8.56. The highest BCUT2D eigenvalue weighted by atomic mass is 16.5. The number of carboxylic acid groups (broad SMARTS) is 1. The van der Waals surface area contributed by atoms with Crippen LogP contribution in [0.25, 0.3) is 0 Å². The Kier molecular flexibility index (Phi) is 5.93. The van der Waals surface area contributed by atoms with Crippen LogP contribution in [0.1, 0.15) is 26.3 Å². The summed E-state index contributed by atoms with van der Waals surface area (Å²) in [5, 5.41) is 8.93. The molecule has 7 nitrogen and oxygen atoms in total. The van der Waals surface area contributed by atoms with Crippen LogP contribution in [0.15, 0.2) is 48.5 Å². The second-order valence-corrected chi connectivity index (χ2v) is 6.58. The van der Waals surface area contributed by atoms with Crippen LogP contribution >= 0.6 is 0 Å². The number of methoxy groups -OCH3 is 1. The van der Waals surface area contributed by atoms with Gasteiger partial charge in [-0.05, 0) is 35.9 Å². The molecule has 1 aliphatic rings. The molecule has 1 N–H and O–H groups in total. The van der Waals surface area contributed by atoms with E-state index in [1.165, 1.54) is 12.1 Å². The Bertz CT molecular complexity index is 871. The molecule has 0 bridgehead atoms. The van der Waals surface area contributed by atoms with E-state index in [0.29, 0.717) is 37.5 Å².